The van der Waals surface area contributed by atoms with Gasteiger partial charge in [-0.25, -0.2) is 18.0 Å². The summed E-state index contributed by atoms with van der Waals surface area (Å²) >= 11 is 33.5. The van der Waals surface area contributed by atoms with E-state index in [1.54, 1.807) is 80.6 Å². The minimum Gasteiger partial charge on any atom is -1.00 e. The number of alkyl halides is 1. The molecule has 1 fully saturated rings. The van der Waals surface area contributed by atoms with Crippen LogP contribution in [0.5, 0.6) is 28.7 Å². The molecule has 1 aliphatic rings. The molecule has 0 atom stereocenters. The molecule has 0 aliphatic carbocycles. The molecule has 23 nitrogen and oxygen atoms in total. The molecule has 0 bridgehead atoms. The van der Waals surface area contributed by atoms with Crippen LogP contribution in [0.2, 0.25) is 24.5 Å². The van der Waals surface area contributed by atoms with E-state index >= 15 is 0 Å². The van der Waals surface area contributed by atoms with E-state index in [0.29, 0.717) is 105 Å². The minimum atomic E-state index is -2.35. The Bertz CT molecular complexity index is 5220. The van der Waals surface area contributed by atoms with Crippen LogP contribution in [0, 0.1) is 39.9 Å². The van der Waals surface area contributed by atoms with Gasteiger partial charge in [0.1, 0.15) is 28.8 Å². The van der Waals surface area contributed by atoms with Crippen LogP contribution in [0.25, 0.3) is 5.76 Å². The molecule has 9 aromatic rings. The van der Waals surface area contributed by atoms with Crippen molar-refractivity contribution >= 4 is 179 Å². The quantitative estimate of drug-likeness (QED) is 0.00170. The van der Waals surface area contributed by atoms with E-state index in [4.69, 9.17) is 106 Å². The number of carbonyl (C=O) groups excluding carboxylic acids is 7. The Morgan fingerprint density at radius 1 is 0.521 bits per heavy atom. The normalized spacial score (nSPS) is 10.7. The second kappa shape index (κ2) is 76.7. The van der Waals surface area contributed by atoms with Crippen molar-refractivity contribution in [3.8, 4) is 28.7 Å². The molecular weight excluding hydrogens is 2280 g/mol. The number of nitrogens with two attached hydrogens (primary N) is 2. The van der Waals surface area contributed by atoms with Gasteiger partial charge in [0, 0.05) is 75.0 Å². The molecule has 0 saturated carbocycles. The van der Waals surface area contributed by atoms with Crippen molar-refractivity contribution in [1.82, 2.24) is 16.0 Å². The first kappa shape index (κ1) is 136. The number of hydrogen-bond donors (Lipinski definition) is 6. The molecule has 9 aromatic carbocycles. The third kappa shape index (κ3) is 56.8. The van der Waals surface area contributed by atoms with E-state index in [0.717, 1.165) is 81.2 Å². The first-order valence-corrected chi connectivity index (χ1v) is 51.3. The van der Waals surface area contributed by atoms with Crippen molar-refractivity contribution in [1.29, 1.82) is 5.41 Å². The van der Waals surface area contributed by atoms with Gasteiger partial charge in [-0.1, -0.05) is 194 Å². The van der Waals surface area contributed by atoms with Crippen molar-refractivity contribution in [2.45, 2.75) is 177 Å². The molecule has 0 spiro atoms. The number of unbranched alkanes of at least 4 members (excludes halogenated alkanes) is 1. The Morgan fingerprint density at radius 2 is 0.821 bits per heavy atom. The molecule has 1 saturated heterocycles. The van der Waals surface area contributed by atoms with Gasteiger partial charge in [-0.2, -0.15) is 8.78 Å². The van der Waals surface area contributed by atoms with Crippen LogP contribution in [0.1, 0.15) is 204 Å². The number of ether oxygens (including phenoxy) is 8. The fourth-order valence-electron chi connectivity index (χ4n) is 10.6. The Morgan fingerprint density at radius 3 is 1.10 bits per heavy atom. The second-order valence-corrected chi connectivity index (χ2v) is 39.0. The summed E-state index contributed by atoms with van der Waals surface area (Å²) in [5.41, 5.74) is 17.9. The molecule has 0 unspecified atom stereocenters. The molecule has 8 N–H and O–H groups in total. The molecule has 3 amide bonds. The first-order valence-electron chi connectivity index (χ1n) is 43.6. The number of rotatable bonds is 35. The summed E-state index contributed by atoms with van der Waals surface area (Å²) in [7, 11) is 0. The van der Waals surface area contributed by atoms with Gasteiger partial charge in [-0.15, -0.1) is 12.4 Å². The van der Waals surface area contributed by atoms with Crippen LogP contribution in [-0.4, -0.2) is 149 Å². The van der Waals surface area contributed by atoms with Gasteiger partial charge in [-0.05, 0) is 227 Å². The molecule has 0 aromatic heterocycles. The van der Waals surface area contributed by atoms with Gasteiger partial charge in [-0.3, -0.25) is 29.4 Å². The number of ketones is 1. The Labute approximate surface area is 967 Å². The molecular formula is C101H123Br3Cl5F5K2N6O17Sn. The van der Waals surface area contributed by atoms with E-state index in [2.05, 4.69) is 99.0 Å². The maximum Gasteiger partial charge on any atom is 1.00 e. The average Bonchev–Trinajstić information content (AvgIpc) is 0.914. The van der Waals surface area contributed by atoms with Gasteiger partial charge in [0.15, 0.2) is 5.78 Å². The summed E-state index contributed by atoms with van der Waals surface area (Å²) in [5.74, 6) is -11.9. The fraction of sp³-hybridized carbons (Fsp3) is 0.366. The Kier molecular flexibility index (Phi) is 74.6. The largest absolute Gasteiger partial charge is 1.00 e. The zero-order valence-electron chi connectivity index (χ0n) is 82.5. The molecule has 756 valence electrons. The average molecular weight is 2400 g/mol. The number of nitrogens with one attached hydrogen (secondary N) is 4. The van der Waals surface area contributed by atoms with Crippen LogP contribution < -0.4 is 159 Å². The van der Waals surface area contributed by atoms with Gasteiger partial charge >= 0.3 is 181 Å². The fourth-order valence-corrected chi connectivity index (χ4v) is 15.2. The zero-order chi connectivity index (χ0) is 103. The predicted molar refractivity (Wildman–Crippen MR) is 550 cm³/mol. The standard InChI is InChI=1S/C22H26ClNO3.C20H21BrClNO3.C18H19BrClNO2.C16H10ClF5O3.C8H10BrN.C5H12N2.C4H8O.C4H9.C3H5O2.CH2O3.ClH.2K.Sn.H/c1-5-26-16(4)18-8-6-17(7-9-18)12-13-24-22(25)19-10-11-21(20(23)14-19)27-15(2)3;1-13(2)26-19-8-7-16(11-17(19)22)20(25)23-10-9-14-3-5-15(6-4-14)18(24)12-21;1-12(2)23-17-8-5-14(11-16(17)20)18(22)21-10-9-13-3-6-15(19)7-4-13;1-6(2)24-9-4-3-7(5-8(9)17)16(23)25-15-13(21)11(19)10(18)12(20)14(15)22;9-8-3-1-7(2-4-8)5-6-10;1-5(2,3)4(6)7;1-2-4-5-3-1;1-3-4-2;1-2-5-3-4;2-1-4-3;;;;;/h6-11,14-15H,4-5,12-13H2,1-3H3,(H,24,25);3-8,11,13H,9-10,12H2,1-2H3,(H,23,25);3-8,11-12H,9-10H2,1-2H3,(H,21,22);3-6H,1-2H3;1-4H,5-6,10H2;1-3H3,(H3,6,7);1-4H2;1,3-4H2,2H3;2H2,1H3;1,3H;1H;;;;/q;;;;;;;;;;;2*+1;;-1/p-1. The molecule has 140 heavy (non-hydrogen) atoms. The van der Waals surface area contributed by atoms with Crippen molar-refractivity contribution in [2.75, 3.05) is 57.9 Å². The van der Waals surface area contributed by atoms with Gasteiger partial charge in [0.25, 0.3) is 24.2 Å². The SMILES string of the molecule is C1CCOC1.C=C(OCC)c1ccc(CCNC(=O)c2ccc(OC(C)C)c(Cl)c2)cc1.CC(C)(C)C(=N)N.CC(C)Oc1ccc(C(=O)NCCc2ccc(Br)cc2)cc1Cl.CC(C)Oc1ccc(C(=O)NCCc2ccc(C(=O)CBr)cc2)cc1Cl.CC(C)Oc1ccc(C(=O)Oc2c(F)c(F)c(F)c(F)c2F)cc1Cl.CCC[CH2][Sn][C](=O)OCC.Cl.NCCc1ccc(Br)cc1.O=CO[O-].[H-].[K+].[K+]. The zero-order valence-corrected chi connectivity index (χ0v) is 99.2. The van der Waals surface area contributed by atoms with E-state index in [-0.39, 0.29) is 203 Å². The molecule has 10 rings (SSSR count). The topological polar surface area (TPSA) is 338 Å². The smallest absolute Gasteiger partial charge is 1.00 e. The van der Waals surface area contributed by atoms with Gasteiger partial charge in [0.05, 0.1) is 67.8 Å². The third-order valence-electron chi connectivity index (χ3n) is 17.7. The van der Waals surface area contributed by atoms with Crippen LogP contribution in [0.3, 0.4) is 0 Å². The number of carbonyl (C=O) groups is 7. The maximum absolute atomic E-state index is 13.5. The number of benzene rings is 9. The monoisotopic (exact) mass is 2400 g/mol. The minimum absolute atomic E-state index is 0. The van der Waals surface area contributed by atoms with Crippen molar-refractivity contribution < 1.29 is 208 Å². The van der Waals surface area contributed by atoms with E-state index in [9.17, 15) is 50.7 Å². The summed E-state index contributed by atoms with van der Waals surface area (Å²) in [4.78, 5) is 82.2. The van der Waals surface area contributed by atoms with Crippen molar-refractivity contribution in [3.63, 3.8) is 0 Å². The van der Waals surface area contributed by atoms with Crippen LogP contribution >= 0.6 is 107 Å². The Balaban J connectivity index is -0.00000160. The summed E-state index contributed by atoms with van der Waals surface area (Å²) in [6, 6.07) is 50.3. The van der Waals surface area contributed by atoms with Crippen molar-refractivity contribution in [2.24, 2.45) is 16.9 Å². The Hall–Kier alpha value is -5.83. The summed E-state index contributed by atoms with van der Waals surface area (Å²) in [6.07, 6.45) is 7.98. The first-order chi connectivity index (χ1) is 64.9. The number of halogens is 13. The van der Waals surface area contributed by atoms with Crippen LogP contribution in [0.4, 0.5) is 26.7 Å². The van der Waals surface area contributed by atoms with E-state index < -0.39 is 61.9 Å². The molecule has 1 aliphatic heterocycles. The van der Waals surface area contributed by atoms with E-state index in [1.165, 1.54) is 42.9 Å². The summed E-state index contributed by atoms with van der Waals surface area (Å²) < 4.78 is 111. The predicted octanol–water partition coefficient (Wildman–Crippen LogP) is 18.4. The van der Waals surface area contributed by atoms with Gasteiger partial charge < -0.3 is 72.1 Å². The van der Waals surface area contributed by atoms with Gasteiger partial charge in [0.2, 0.25) is 34.8 Å². The summed E-state index contributed by atoms with van der Waals surface area (Å²) in [6.45, 7) is 35.9. The van der Waals surface area contributed by atoms with E-state index in [1.807, 2.05) is 149 Å². The number of hydrogen-bond acceptors (Lipinski definition) is 19. The summed E-state index contributed by atoms with van der Waals surface area (Å²) in [5, 5.41) is 25.6. The number of amides is 3. The van der Waals surface area contributed by atoms with Crippen molar-refractivity contribution in [3.05, 3.63) is 290 Å². The molecule has 39 heteroatoms. The number of amidine groups is 1. The third-order valence-corrected chi connectivity index (χ3v) is 23.4. The van der Waals surface area contributed by atoms with Crippen LogP contribution in [0.15, 0.2) is 185 Å². The maximum atomic E-state index is 13.5. The van der Waals surface area contributed by atoms with Crippen LogP contribution in [-0.2, 0) is 49.6 Å². The number of esters is 1. The molecule has 1 heterocycles. The molecule has 2 radical (unpaired) electrons. The second-order valence-electron chi connectivity index (χ2n) is 31.3. The number of Topliss-reactive ketones (excluding diaryl/α,β-unsaturated/α-hetero) is 1.